The molecule has 2 aromatic heterocycles. The Morgan fingerprint density at radius 3 is 2.39 bits per heavy atom. The van der Waals surface area contributed by atoms with E-state index in [1.54, 1.807) is 26.8 Å². The third kappa shape index (κ3) is 6.42. The number of amides is 2. The number of aromatic nitrogens is 3. The second kappa shape index (κ2) is 12.4. The van der Waals surface area contributed by atoms with E-state index in [9.17, 15) is 35.9 Å². The van der Waals surface area contributed by atoms with Crippen molar-refractivity contribution in [1.29, 1.82) is 0 Å². The first-order valence-electron chi connectivity index (χ1n) is 14.3. The molecule has 1 aromatic carbocycles. The molecule has 11 nitrogen and oxygen atoms in total. The topological polar surface area (TPSA) is 116 Å². The highest BCUT2D eigenvalue weighted by Crippen LogP contribution is 2.41. The van der Waals surface area contributed by atoms with Gasteiger partial charge in [-0.1, -0.05) is 24.3 Å². The summed E-state index contributed by atoms with van der Waals surface area (Å²) in [5, 5.41) is 0. The Bertz CT molecular complexity index is 1580. The van der Waals surface area contributed by atoms with E-state index < -0.39 is 41.8 Å². The number of carbonyl (C=O) groups excluding carboxylic acids is 2. The van der Waals surface area contributed by atoms with E-state index in [-0.39, 0.29) is 56.0 Å². The van der Waals surface area contributed by atoms with Crippen LogP contribution in [0.25, 0.3) is 0 Å². The Labute approximate surface area is 258 Å². The van der Waals surface area contributed by atoms with Crippen molar-refractivity contribution in [2.45, 2.75) is 31.0 Å². The summed E-state index contributed by atoms with van der Waals surface area (Å²) in [6.07, 6.45) is -5.09. The number of fused-ring (bicyclic) bond motifs is 1. The molecule has 2 N–H and O–H groups in total. The number of alkyl halides is 6. The summed E-state index contributed by atoms with van der Waals surface area (Å²) in [5.74, 6) is -3.36. The maximum atomic E-state index is 14.0. The molecule has 3 aliphatic rings. The molecule has 2 fully saturated rings. The van der Waals surface area contributed by atoms with Gasteiger partial charge in [0.2, 0.25) is 11.9 Å². The number of nitrogens with one attached hydrogen (secondary N) is 2. The molecule has 3 aliphatic heterocycles. The maximum absolute atomic E-state index is 14.0. The van der Waals surface area contributed by atoms with Crippen LogP contribution in [-0.4, -0.2) is 88.1 Å². The fourth-order valence-electron chi connectivity index (χ4n) is 6.02. The molecule has 2 amide bonds. The van der Waals surface area contributed by atoms with Crippen LogP contribution in [0.4, 0.5) is 32.3 Å². The van der Waals surface area contributed by atoms with Crippen molar-refractivity contribution in [2.75, 3.05) is 44.2 Å². The molecule has 244 valence electrons. The molecular weight excluding hydrogens is 622 g/mol. The Hall–Kier alpha value is -4.51. The highest BCUT2D eigenvalue weighted by atomic mass is 19.4. The average molecular weight is 651 g/mol. The number of piperazine rings is 1. The smallest absolute Gasteiger partial charge is 0.419 e. The van der Waals surface area contributed by atoms with E-state index in [0.29, 0.717) is 13.1 Å². The van der Waals surface area contributed by atoms with Crippen LogP contribution in [0.15, 0.2) is 55.1 Å². The third-order valence-electron chi connectivity index (χ3n) is 8.32. The zero-order valence-electron chi connectivity index (χ0n) is 24.1. The molecule has 0 bridgehead atoms. The van der Waals surface area contributed by atoms with Crippen LogP contribution >= 0.6 is 0 Å². The number of ether oxygens (including phenoxy) is 1. The summed E-state index contributed by atoms with van der Waals surface area (Å²) in [6, 6.07) is 6.92. The minimum Gasteiger partial charge on any atom is -0.490 e. The minimum absolute atomic E-state index is 0.0646. The SMILES string of the molecule is O=C1NNCC(N2Cc3ccccc3[C@@H]2COc2cncc(C(=O)N3CCN(c4ncc(C(F)(F)F)cn4)CC3)c2)C1C(F)(F)F. The van der Waals surface area contributed by atoms with Gasteiger partial charge < -0.3 is 14.5 Å². The van der Waals surface area contributed by atoms with Crippen LogP contribution in [0.5, 0.6) is 5.75 Å². The van der Waals surface area contributed by atoms with Gasteiger partial charge in [-0.2, -0.15) is 26.3 Å². The Morgan fingerprint density at radius 2 is 1.70 bits per heavy atom. The zero-order chi connectivity index (χ0) is 32.6. The number of rotatable bonds is 6. The third-order valence-corrected chi connectivity index (χ3v) is 8.32. The average Bonchev–Trinajstić information content (AvgIpc) is 3.41. The number of benzene rings is 1. The highest BCUT2D eigenvalue weighted by molar-refractivity contribution is 5.94. The molecule has 17 heteroatoms. The molecule has 46 heavy (non-hydrogen) atoms. The largest absolute Gasteiger partial charge is 0.490 e. The van der Waals surface area contributed by atoms with Gasteiger partial charge in [0.15, 0.2) is 5.92 Å². The number of hydrogen-bond acceptors (Lipinski definition) is 9. The predicted molar refractivity (Wildman–Crippen MR) is 149 cm³/mol. The standard InChI is InChI=1S/C29H28F6N8O3/c30-28(31,32)19-11-37-27(38-12-19)42-7-5-41(6-8-42)26(45)18-9-20(13-36-10-18)46-16-23-21-4-2-1-3-17(21)15-43(23)22-14-39-40-25(44)24(22)29(33,34)35/h1-4,9-13,22-24,39H,5-8,14-16H2,(H,40,44)/t22?,23-,24?/m0/s1. The van der Waals surface area contributed by atoms with Crippen molar-refractivity contribution in [3.63, 3.8) is 0 Å². The monoisotopic (exact) mass is 650 g/mol. The van der Waals surface area contributed by atoms with Crippen molar-refractivity contribution >= 4 is 17.8 Å². The summed E-state index contributed by atoms with van der Waals surface area (Å²) < 4.78 is 86.5. The number of hydrogen-bond donors (Lipinski definition) is 2. The number of hydrazine groups is 1. The van der Waals surface area contributed by atoms with Crippen molar-refractivity contribution in [1.82, 2.24) is 35.6 Å². The first kappa shape index (κ1) is 31.5. The van der Waals surface area contributed by atoms with Gasteiger partial charge in [-0.05, 0) is 17.2 Å². The van der Waals surface area contributed by atoms with Gasteiger partial charge in [-0.25, -0.2) is 15.4 Å². The number of halogens is 6. The first-order valence-corrected chi connectivity index (χ1v) is 14.3. The van der Waals surface area contributed by atoms with Crippen LogP contribution in [0.3, 0.4) is 0 Å². The van der Waals surface area contributed by atoms with Crippen LogP contribution in [0.1, 0.15) is 33.1 Å². The Morgan fingerprint density at radius 1 is 0.978 bits per heavy atom. The van der Waals surface area contributed by atoms with Crippen LogP contribution in [0, 0.1) is 5.92 Å². The number of nitrogens with zero attached hydrogens (tertiary/aromatic N) is 6. The van der Waals surface area contributed by atoms with E-state index in [1.807, 2.05) is 12.1 Å². The van der Waals surface area contributed by atoms with Gasteiger partial charge in [0.05, 0.1) is 23.4 Å². The van der Waals surface area contributed by atoms with Crippen molar-refractivity contribution in [3.8, 4) is 5.75 Å². The van der Waals surface area contributed by atoms with E-state index in [0.717, 1.165) is 23.5 Å². The van der Waals surface area contributed by atoms with Crippen LogP contribution in [-0.2, 0) is 17.5 Å². The van der Waals surface area contributed by atoms with Crippen molar-refractivity contribution < 1.29 is 40.7 Å². The van der Waals surface area contributed by atoms with E-state index in [1.165, 1.54) is 18.5 Å². The molecule has 2 unspecified atom stereocenters. The first-order chi connectivity index (χ1) is 21.9. The van der Waals surface area contributed by atoms with Gasteiger partial charge in [0.25, 0.3) is 5.91 Å². The molecule has 3 aromatic rings. The lowest BCUT2D eigenvalue weighted by Gasteiger charge is -2.40. The zero-order valence-corrected chi connectivity index (χ0v) is 24.1. The minimum atomic E-state index is -4.76. The molecule has 0 saturated carbocycles. The summed E-state index contributed by atoms with van der Waals surface area (Å²) >= 11 is 0. The van der Waals surface area contributed by atoms with Gasteiger partial charge in [0, 0.05) is 63.9 Å². The summed E-state index contributed by atoms with van der Waals surface area (Å²) in [6.45, 7) is 1.11. The lowest BCUT2D eigenvalue weighted by atomic mass is 9.94. The normalized spacial score (nSPS) is 22.4. The number of pyridine rings is 1. The molecule has 0 aliphatic carbocycles. The van der Waals surface area contributed by atoms with Gasteiger partial charge in [-0.3, -0.25) is 24.9 Å². The lowest BCUT2D eigenvalue weighted by molar-refractivity contribution is -0.202. The van der Waals surface area contributed by atoms with E-state index in [2.05, 4.69) is 25.8 Å². The molecule has 2 saturated heterocycles. The van der Waals surface area contributed by atoms with Gasteiger partial charge in [-0.15, -0.1) is 0 Å². The Balaban J connectivity index is 1.12. The summed E-state index contributed by atoms with van der Waals surface area (Å²) in [5.41, 5.74) is 5.54. The van der Waals surface area contributed by atoms with Crippen LogP contribution < -0.4 is 20.5 Å². The van der Waals surface area contributed by atoms with Gasteiger partial charge in [0.1, 0.15) is 12.4 Å². The summed E-state index contributed by atoms with van der Waals surface area (Å²) in [4.78, 5) is 42.2. The van der Waals surface area contributed by atoms with Crippen LogP contribution in [0.2, 0.25) is 0 Å². The molecule has 6 rings (SSSR count). The molecular formula is C29H28F6N8O3. The summed E-state index contributed by atoms with van der Waals surface area (Å²) in [7, 11) is 0. The fourth-order valence-corrected chi connectivity index (χ4v) is 6.02. The maximum Gasteiger partial charge on any atom is 0.419 e. The number of anilines is 1. The van der Waals surface area contributed by atoms with E-state index >= 15 is 0 Å². The second-order valence-electron chi connectivity index (χ2n) is 11.1. The Kier molecular flexibility index (Phi) is 8.45. The molecule has 0 radical (unpaired) electrons. The van der Waals surface area contributed by atoms with Crippen molar-refractivity contribution in [3.05, 3.63) is 77.4 Å². The predicted octanol–water partition coefficient (Wildman–Crippen LogP) is 2.97. The van der Waals surface area contributed by atoms with Gasteiger partial charge >= 0.3 is 12.4 Å². The highest BCUT2D eigenvalue weighted by Gasteiger charge is 2.55. The lowest BCUT2D eigenvalue weighted by Crippen LogP contribution is -2.64. The molecule has 0 spiro atoms. The van der Waals surface area contributed by atoms with Crippen molar-refractivity contribution in [2.24, 2.45) is 5.92 Å². The fraction of sp³-hybridized carbons (Fsp3) is 0.414. The second-order valence-corrected chi connectivity index (χ2v) is 11.1. The van der Waals surface area contributed by atoms with E-state index in [4.69, 9.17) is 4.74 Å². The quantitative estimate of drug-likeness (QED) is 0.389. The molecule has 3 atom stereocenters. The number of carbonyl (C=O) groups is 2. The molecule has 5 heterocycles.